The second-order valence-corrected chi connectivity index (χ2v) is 6.44. The average molecular weight is 270 g/mol. The molecule has 1 saturated heterocycles. The van der Waals surface area contributed by atoms with Crippen LogP contribution in [-0.2, 0) is 14.8 Å². The fourth-order valence-corrected chi connectivity index (χ4v) is 3.80. The number of rotatable bonds is 2. The summed E-state index contributed by atoms with van der Waals surface area (Å²) in [5.41, 5.74) is 7.07. The first-order valence-electron chi connectivity index (χ1n) is 5.88. The van der Waals surface area contributed by atoms with Crippen LogP contribution in [0.25, 0.3) is 0 Å². The van der Waals surface area contributed by atoms with Crippen LogP contribution in [-0.4, -0.2) is 38.5 Å². The Morgan fingerprint density at radius 3 is 2.78 bits per heavy atom. The first-order valence-corrected chi connectivity index (χ1v) is 7.32. The van der Waals surface area contributed by atoms with Crippen molar-refractivity contribution in [3.8, 4) is 0 Å². The zero-order valence-electron chi connectivity index (χ0n) is 10.6. The van der Waals surface area contributed by atoms with Gasteiger partial charge in [-0.25, -0.2) is 8.42 Å². The van der Waals surface area contributed by atoms with Gasteiger partial charge in [0.05, 0.1) is 18.9 Å². The molecule has 5 nitrogen and oxygen atoms in total. The van der Waals surface area contributed by atoms with Crippen LogP contribution in [0.2, 0.25) is 0 Å². The lowest BCUT2D eigenvalue weighted by molar-refractivity contribution is 0.0393. The Morgan fingerprint density at radius 1 is 1.44 bits per heavy atom. The first-order chi connectivity index (χ1) is 8.43. The topological polar surface area (TPSA) is 72.6 Å². The molecule has 0 bridgehead atoms. The molecule has 2 N–H and O–H groups in total. The number of benzene rings is 1. The van der Waals surface area contributed by atoms with Gasteiger partial charge in [0, 0.05) is 12.6 Å². The highest BCUT2D eigenvalue weighted by Gasteiger charge is 2.32. The van der Waals surface area contributed by atoms with E-state index in [0.717, 1.165) is 5.56 Å². The number of nitrogens with two attached hydrogens (primary N) is 1. The molecule has 1 aliphatic rings. The summed E-state index contributed by atoms with van der Waals surface area (Å²) >= 11 is 0. The monoisotopic (exact) mass is 270 g/mol. The quantitative estimate of drug-likeness (QED) is 0.813. The lowest BCUT2D eigenvalue weighted by Gasteiger charge is -2.32. The number of nitrogens with zero attached hydrogens (tertiary/aromatic N) is 1. The highest BCUT2D eigenvalue weighted by molar-refractivity contribution is 7.89. The second-order valence-electron chi connectivity index (χ2n) is 4.58. The summed E-state index contributed by atoms with van der Waals surface area (Å²) < 4.78 is 31.8. The molecule has 0 aliphatic carbocycles. The Kier molecular flexibility index (Phi) is 3.61. The number of aryl methyl sites for hydroxylation is 1. The summed E-state index contributed by atoms with van der Waals surface area (Å²) in [4.78, 5) is 0.182. The third-order valence-corrected chi connectivity index (χ3v) is 5.15. The minimum atomic E-state index is -3.53. The maximum atomic E-state index is 12.5. The Bertz CT molecular complexity index is 542. The van der Waals surface area contributed by atoms with Gasteiger partial charge in [-0.2, -0.15) is 4.31 Å². The predicted octanol–water partition coefficient (Wildman–Crippen LogP) is 0.987. The minimum Gasteiger partial charge on any atom is -0.398 e. The normalized spacial score (nSPS) is 22.0. The van der Waals surface area contributed by atoms with E-state index in [2.05, 4.69) is 0 Å². The Morgan fingerprint density at radius 2 is 2.17 bits per heavy atom. The number of ether oxygens (including phenoxy) is 1. The van der Waals surface area contributed by atoms with Gasteiger partial charge in [-0.15, -0.1) is 0 Å². The van der Waals surface area contributed by atoms with Gasteiger partial charge in [0.2, 0.25) is 10.0 Å². The van der Waals surface area contributed by atoms with E-state index in [-0.39, 0.29) is 10.9 Å². The fraction of sp³-hybridized carbons (Fsp3) is 0.500. The summed E-state index contributed by atoms with van der Waals surface area (Å²) in [6.07, 6.45) is 0. The van der Waals surface area contributed by atoms with Gasteiger partial charge < -0.3 is 10.5 Å². The lowest BCUT2D eigenvalue weighted by Crippen LogP contribution is -2.47. The molecule has 1 aromatic rings. The van der Waals surface area contributed by atoms with Gasteiger partial charge in [0.25, 0.3) is 0 Å². The molecule has 100 valence electrons. The smallest absolute Gasteiger partial charge is 0.245 e. The van der Waals surface area contributed by atoms with Crippen LogP contribution in [0.1, 0.15) is 12.5 Å². The van der Waals surface area contributed by atoms with Gasteiger partial charge in [-0.05, 0) is 31.5 Å². The molecule has 1 fully saturated rings. The molecule has 18 heavy (non-hydrogen) atoms. The Labute approximate surface area is 108 Å². The number of hydrogen-bond donors (Lipinski definition) is 1. The van der Waals surface area contributed by atoms with Crippen molar-refractivity contribution in [2.24, 2.45) is 0 Å². The van der Waals surface area contributed by atoms with Gasteiger partial charge in [0.1, 0.15) is 4.90 Å². The zero-order chi connectivity index (χ0) is 13.3. The molecular weight excluding hydrogens is 252 g/mol. The second kappa shape index (κ2) is 4.87. The SMILES string of the molecule is Cc1ccc(S(=O)(=O)N2CCOC[C@H]2C)c(N)c1. The third-order valence-electron chi connectivity index (χ3n) is 3.06. The van der Waals surface area contributed by atoms with Crippen molar-refractivity contribution in [2.75, 3.05) is 25.5 Å². The molecule has 1 aliphatic heterocycles. The van der Waals surface area contributed by atoms with E-state index in [9.17, 15) is 8.42 Å². The number of nitrogen functional groups attached to an aromatic ring is 1. The van der Waals surface area contributed by atoms with E-state index in [1.165, 1.54) is 4.31 Å². The van der Waals surface area contributed by atoms with Gasteiger partial charge in [-0.1, -0.05) is 6.07 Å². The summed E-state index contributed by atoms with van der Waals surface area (Å²) in [6, 6.07) is 4.85. The van der Waals surface area contributed by atoms with Crippen molar-refractivity contribution in [2.45, 2.75) is 24.8 Å². The van der Waals surface area contributed by atoms with Crippen LogP contribution in [0.5, 0.6) is 0 Å². The molecule has 2 rings (SSSR count). The number of anilines is 1. The van der Waals surface area contributed by atoms with Crippen molar-refractivity contribution in [3.63, 3.8) is 0 Å². The standard InChI is InChI=1S/C12H18N2O3S/c1-9-3-4-12(11(13)7-9)18(15,16)14-5-6-17-8-10(14)2/h3-4,7,10H,5-6,8,13H2,1-2H3/t10-/m1/s1. The number of hydrogen-bond acceptors (Lipinski definition) is 4. The highest BCUT2D eigenvalue weighted by atomic mass is 32.2. The van der Waals surface area contributed by atoms with E-state index in [1.54, 1.807) is 18.2 Å². The highest BCUT2D eigenvalue weighted by Crippen LogP contribution is 2.25. The van der Waals surface area contributed by atoms with Gasteiger partial charge in [0.15, 0.2) is 0 Å². The van der Waals surface area contributed by atoms with Crippen molar-refractivity contribution >= 4 is 15.7 Å². The van der Waals surface area contributed by atoms with Crippen molar-refractivity contribution in [1.29, 1.82) is 0 Å². The van der Waals surface area contributed by atoms with Crippen LogP contribution in [0, 0.1) is 6.92 Å². The molecule has 6 heteroatoms. The van der Waals surface area contributed by atoms with E-state index in [0.29, 0.717) is 25.4 Å². The van der Waals surface area contributed by atoms with Gasteiger partial charge in [-0.3, -0.25) is 0 Å². The van der Waals surface area contributed by atoms with E-state index in [4.69, 9.17) is 10.5 Å². The average Bonchev–Trinajstić information content (AvgIpc) is 2.28. The predicted molar refractivity (Wildman–Crippen MR) is 69.8 cm³/mol. The Hall–Kier alpha value is -1.11. The largest absolute Gasteiger partial charge is 0.398 e. The molecule has 0 saturated carbocycles. The minimum absolute atomic E-state index is 0.163. The van der Waals surface area contributed by atoms with Crippen LogP contribution in [0.15, 0.2) is 23.1 Å². The summed E-state index contributed by atoms with van der Waals surface area (Å²) in [6.45, 7) is 4.93. The number of morpholine rings is 1. The lowest BCUT2D eigenvalue weighted by atomic mass is 10.2. The molecule has 0 unspecified atom stereocenters. The van der Waals surface area contributed by atoms with Crippen LogP contribution >= 0.6 is 0 Å². The van der Waals surface area contributed by atoms with Crippen molar-refractivity contribution in [3.05, 3.63) is 23.8 Å². The van der Waals surface area contributed by atoms with Crippen LogP contribution in [0.4, 0.5) is 5.69 Å². The summed E-state index contributed by atoms with van der Waals surface area (Å²) in [5.74, 6) is 0. The molecule has 1 aromatic carbocycles. The molecule has 1 heterocycles. The van der Waals surface area contributed by atoms with Crippen LogP contribution < -0.4 is 5.73 Å². The molecule has 0 radical (unpaired) electrons. The molecular formula is C12H18N2O3S. The maximum absolute atomic E-state index is 12.5. The summed E-state index contributed by atoms with van der Waals surface area (Å²) in [7, 11) is -3.53. The molecule has 0 spiro atoms. The van der Waals surface area contributed by atoms with Crippen molar-refractivity contribution < 1.29 is 13.2 Å². The molecule has 0 aromatic heterocycles. The zero-order valence-corrected chi connectivity index (χ0v) is 11.4. The van der Waals surface area contributed by atoms with E-state index >= 15 is 0 Å². The first kappa shape index (κ1) is 13.3. The molecule has 1 atom stereocenters. The number of sulfonamides is 1. The molecule has 0 amide bonds. The van der Waals surface area contributed by atoms with E-state index < -0.39 is 10.0 Å². The van der Waals surface area contributed by atoms with Crippen molar-refractivity contribution in [1.82, 2.24) is 4.31 Å². The fourth-order valence-electron chi connectivity index (χ4n) is 2.10. The Balaban J connectivity index is 2.41. The third kappa shape index (κ3) is 2.36. The maximum Gasteiger partial charge on any atom is 0.245 e. The van der Waals surface area contributed by atoms with Crippen LogP contribution in [0.3, 0.4) is 0 Å². The summed E-state index contributed by atoms with van der Waals surface area (Å²) in [5, 5.41) is 0. The van der Waals surface area contributed by atoms with E-state index in [1.807, 2.05) is 13.8 Å². The van der Waals surface area contributed by atoms with Gasteiger partial charge >= 0.3 is 0 Å².